The average molecular weight is 604 g/mol. The van der Waals surface area contributed by atoms with Crippen molar-refractivity contribution in [3.05, 3.63) is 72.1 Å². The molecule has 0 radical (unpaired) electrons. The number of nitrogens with two attached hydrogens (primary N) is 2. The molecule has 0 saturated heterocycles. The molecule has 4 rings (SSSR count). The van der Waals surface area contributed by atoms with E-state index in [4.69, 9.17) is 11.5 Å². The molecule has 4 unspecified atom stereocenters. The van der Waals surface area contributed by atoms with Gasteiger partial charge in [0.05, 0.1) is 12.5 Å². The summed E-state index contributed by atoms with van der Waals surface area (Å²) >= 11 is 0. The van der Waals surface area contributed by atoms with E-state index in [9.17, 15) is 29.1 Å². The van der Waals surface area contributed by atoms with Gasteiger partial charge in [-0.25, -0.2) is 4.79 Å². The van der Waals surface area contributed by atoms with E-state index >= 15 is 0 Å². The second kappa shape index (κ2) is 13.9. The van der Waals surface area contributed by atoms with Crippen molar-refractivity contribution in [3.63, 3.8) is 0 Å². The summed E-state index contributed by atoms with van der Waals surface area (Å²) in [5, 5.41) is 19.3. The van der Waals surface area contributed by atoms with Crippen LogP contribution in [0.5, 0.6) is 0 Å². The predicted molar refractivity (Wildman–Crippen MR) is 164 cm³/mol. The third-order valence-corrected chi connectivity index (χ3v) is 7.50. The Bertz CT molecular complexity index is 1680. The van der Waals surface area contributed by atoms with Gasteiger partial charge in [-0.15, -0.1) is 0 Å². The number of para-hydroxylation sites is 2. The van der Waals surface area contributed by atoms with Crippen LogP contribution in [-0.4, -0.2) is 68.8 Å². The van der Waals surface area contributed by atoms with Gasteiger partial charge in [0, 0.05) is 47.0 Å². The van der Waals surface area contributed by atoms with E-state index in [1.807, 2.05) is 48.5 Å². The molecule has 0 bridgehead atoms. The fourth-order valence-electron chi connectivity index (χ4n) is 4.98. The Balaban J connectivity index is 1.60. The number of fused-ring (bicyclic) bond motifs is 2. The van der Waals surface area contributed by atoms with Crippen LogP contribution in [0, 0.1) is 5.92 Å². The second-order valence-corrected chi connectivity index (χ2v) is 11.1. The molecule has 0 spiro atoms. The first-order valence-electron chi connectivity index (χ1n) is 14.2. The minimum absolute atomic E-state index is 0.0215. The average Bonchev–Trinajstić information content (AvgIpc) is 3.59. The number of carbonyl (C=O) groups is 5. The molecule has 2 aromatic carbocycles. The molecule has 2 aromatic heterocycles. The lowest BCUT2D eigenvalue weighted by atomic mass is 10.0. The summed E-state index contributed by atoms with van der Waals surface area (Å²) in [6.45, 7) is 3.45. The van der Waals surface area contributed by atoms with Crippen LogP contribution in [0.25, 0.3) is 21.8 Å². The van der Waals surface area contributed by atoms with Crippen LogP contribution in [0.3, 0.4) is 0 Å². The maximum Gasteiger partial charge on any atom is 0.326 e. The van der Waals surface area contributed by atoms with Crippen LogP contribution in [0.2, 0.25) is 0 Å². The van der Waals surface area contributed by atoms with Crippen molar-refractivity contribution in [1.82, 2.24) is 25.9 Å². The first kappa shape index (κ1) is 31.8. The number of rotatable bonds is 14. The smallest absolute Gasteiger partial charge is 0.326 e. The number of aliphatic carboxylic acids is 1. The maximum atomic E-state index is 13.7. The van der Waals surface area contributed by atoms with Gasteiger partial charge in [-0.1, -0.05) is 50.2 Å². The zero-order chi connectivity index (χ0) is 32.0. The van der Waals surface area contributed by atoms with Gasteiger partial charge in [0.1, 0.15) is 18.1 Å². The number of H-pyrrole nitrogens is 2. The molecule has 0 saturated carbocycles. The molecule has 10 N–H and O–H groups in total. The van der Waals surface area contributed by atoms with Gasteiger partial charge in [-0.2, -0.15) is 0 Å². The minimum Gasteiger partial charge on any atom is -0.480 e. The van der Waals surface area contributed by atoms with Crippen molar-refractivity contribution in [3.8, 4) is 0 Å². The standard InChI is InChI=1S/C31H37N7O6/c1-16(2)27(33)30(42)37-24(13-26(32)39)29(41)36-23(11-17-14-34-21-9-5-3-7-19(17)21)28(40)38-25(31(43)44)12-18-15-35-22-10-6-4-8-20(18)22/h3-10,14-16,23-25,27,34-35H,11-13,33H2,1-2H3,(H2,32,39)(H,36,41)(H,37,42)(H,38,40)(H,43,44). The van der Waals surface area contributed by atoms with Crippen LogP contribution in [-0.2, 0) is 36.8 Å². The lowest BCUT2D eigenvalue weighted by Gasteiger charge is -2.25. The molecule has 13 heteroatoms. The van der Waals surface area contributed by atoms with Gasteiger partial charge >= 0.3 is 5.97 Å². The Morgan fingerprint density at radius 2 is 1.18 bits per heavy atom. The second-order valence-electron chi connectivity index (χ2n) is 11.1. The number of aromatic nitrogens is 2. The van der Waals surface area contributed by atoms with E-state index < -0.39 is 60.2 Å². The van der Waals surface area contributed by atoms with Gasteiger partial charge in [0.2, 0.25) is 23.6 Å². The minimum atomic E-state index is -1.41. The zero-order valence-corrected chi connectivity index (χ0v) is 24.4. The van der Waals surface area contributed by atoms with E-state index in [0.717, 1.165) is 21.8 Å². The van der Waals surface area contributed by atoms with Gasteiger partial charge in [-0.3, -0.25) is 19.2 Å². The molecular weight excluding hydrogens is 566 g/mol. The molecule has 0 fully saturated rings. The number of amides is 4. The molecule has 4 amide bonds. The highest BCUT2D eigenvalue weighted by molar-refractivity contribution is 5.97. The van der Waals surface area contributed by atoms with E-state index in [1.54, 1.807) is 26.2 Å². The van der Waals surface area contributed by atoms with E-state index in [-0.39, 0.29) is 18.8 Å². The summed E-state index contributed by atoms with van der Waals surface area (Å²) in [5.74, 6) is -4.65. The summed E-state index contributed by atoms with van der Waals surface area (Å²) in [4.78, 5) is 70.1. The fourth-order valence-corrected chi connectivity index (χ4v) is 4.98. The molecular formula is C31H37N7O6. The molecule has 13 nitrogen and oxygen atoms in total. The predicted octanol–water partition coefficient (Wildman–Crippen LogP) is 0.832. The number of carboxylic acids is 1. The quantitative estimate of drug-likeness (QED) is 0.103. The third kappa shape index (κ3) is 7.61. The number of hydrogen-bond donors (Lipinski definition) is 8. The summed E-state index contributed by atoms with van der Waals surface area (Å²) < 4.78 is 0. The lowest BCUT2D eigenvalue weighted by molar-refractivity contribution is -0.142. The molecule has 0 aliphatic rings. The largest absolute Gasteiger partial charge is 0.480 e. The Morgan fingerprint density at radius 3 is 1.68 bits per heavy atom. The fraction of sp³-hybridized carbons (Fsp3) is 0.323. The van der Waals surface area contributed by atoms with Crippen molar-refractivity contribution in [2.75, 3.05) is 0 Å². The number of hydrogen-bond acceptors (Lipinski definition) is 6. The molecule has 232 valence electrons. The highest BCUT2D eigenvalue weighted by atomic mass is 16.4. The highest BCUT2D eigenvalue weighted by Crippen LogP contribution is 2.21. The molecule has 4 aromatic rings. The molecule has 44 heavy (non-hydrogen) atoms. The Labute approximate surface area is 253 Å². The molecule has 4 atom stereocenters. The summed E-state index contributed by atoms with van der Waals surface area (Å²) in [6, 6.07) is 9.78. The van der Waals surface area contributed by atoms with Crippen LogP contribution >= 0.6 is 0 Å². The highest BCUT2D eigenvalue weighted by Gasteiger charge is 2.32. The lowest BCUT2D eigenvalue weighted by Crippen LogP contribution is -2.58. The van der Waals surface area contributed by atoms with Crippen LogP contribution in [0.15, 0.2) is 60.9 Å². The topological polar surface area (TPSA) is 225 Å². The van der Waals surface area contributed by atoms with E-state index in [1.165, 1.54) is 0 Å². The normalized spacial score (nSPS) is 14.1. The van der Waals surface area contributed by atoms with Gasteiger partial charge < -0.3 is 42.5 Å². The Kier molecular flexibility index (Phi) is 10.0. The Hall–Kier alpha value is -5.17. The Morgan fingerprint density at radius 1 is 0.727 bits per heavy atom. The zero-order valence-electron chi connectivity index (χ0n) is 24.4. The number of nitrogens with one attached hydrogen (secondary N) is 5. The number of carboxylic acid groups (broad SMARTS) is 1. The summed E-state index contributed by atoms with van der Waals surface area (Å²) in [6.07, 6.45) is 2.80. The van der Waals surface area contributed by atoms with Crippen molar-refractivity contribution < 1.29 is 29.1 Å². The van der Waals surface area contributed by atoms with Gasteiger partial charge in [0.15, 0.2) is 0 Å². The third-order valence-electron chi connectivity index (χ3n) is 7.50. The van der Waals surface area contributed by atoms with Crippen molar-refractivity contribution in [1.29, 1.82) is 0 Å². The van der Waals surface area contributed by atoms with Gasteiger partial charge in [-0.05, 0) is 29.2 Å². The maximum absolute atomic E-state index is 13.7. The number of primary amides is 1. The monoisotopic (exact) mass is 603 g/mol. The number of benzene rings is 2. The van der Waals surface area contributed by atoms with Crippen LogP contribution in [0.4, 0.5) is 0 Å². The van der Waals surface area contributed by atoms with Crippen molar-refractivity contribution in [2.45, 2.75) is 57.3 Å². The molecule has 0 aliphatic carbocycles. The van der Waals surface area contributed by atoms with Crippen LogP contribution in [0.1, 0.15) is 31.4 Å². The van der Waals surface area contributed by atoms with Gasteiger partial charge in [0.25, 0.3) is 0 Å². The molecule has 2 heterocycles. The molecule has 0 aliphatic heterocycles. The SMILES string of the molecule is CC(C)C(N)C(=O)NC(CC(N)=O)C(=O)NC(Cc1c[nH]c2ccccc12)C(=O)NC(Cc1c[nH]c2ccccc12)C(=O)O. The van der Waals surface area contributed by atoms with Crippen molar-refractivity contribution in [2.24, 2.45) is 17.4 Å². The first-order chi connectivity index (χ1) is 20.9. The number of carbonyl (C=O) groups excluding carboxylic acids is 4. The van der Waals surface area contributed by atoms with E-state index in [2.05, 4.69) is 25.9 Å². The first-order valence-corrected chi connectivity index (χ1v) is 14.2. The van der Waals surface area contributed by atoms with Crippen LogP contribution < -0.4 is 27.4 Å². The summed E-state index contributed by atoms with van der Waals surface area (Å²) in [7, 11) is 0. The number of aromatic amines is 2. The van der Waals surface area contributed by atoms with Crippen molar-refractivity contribution >= 4 is 51.4 Å². The summed E-state index contributed by atoms with van der Waals surface area (Å²) in [5.41, 5.74) is 14.3. The van der Waals surface area contributed by atoms with E-state index in [0.29, 0.717) is 11.1 Å².